The molecule has 0 saturated heterocycles. The van der Waals surface area contributed by atoms with Gasteiger partial charge in [0.25, 0.3) is 0 Å². The fraction of sp³-hybridized carbons (Fsp3) is 0. The highest BCUT2D eigenvalue weighted by Crippen LogP contribution is 2.30. The largest absolute Gasteiger partial charge is 0.508 e. The van der Waals surface area contributed by atoms with Gasteiger partial charge >= 0.3 is 0 Å². The number of rotatable bonds is 1. The summed E-state index contributed by atoms with van der Waals surface area (Å²) in [6.45, 7) is 0. The van der Waals surface area contributed by atoms with Gasteiger partial charge in [-0.1, -0.05) is 18.2 Å². The van der Waals surface area contributed by atoms with E-state index in [0.29, 0.717) is 0 Å². The molecule has 3 heteroatoms. The maximum absolute atomic E-state index is 9.32. The summed E-state index contributed by atoms with van der Waals surface area (Å²) < 4.78 is 0. The molecule has 2 aromatic rings. The summed E-state index contributed by atoms with van der Waals surface area (Å²) in [7, 11) is 0. The Hall–Kier alpha value is -2.16. The number of hydrogen-bond donors (Lipinski definition) is 3. The molecule has 0 bridgehead atoms. The van der Waals surface area contributed by atoms with Crippen molar-refractivity contribution in [3.05, 3.63) is 42.5 Å². The van der Waals surface area contributed by atoms with Crippen molar-refractivity contribution in [1.82, 2.24) is 0 Å². The summed E-state index contributed by atoms with van der Waals surface area (Å²) in [5, 5.41) is 27.6. The van der Waals surface area contributed by atoms with E-state index in [2.05, 4.69) is 0 Å². The molecule has 0 aliphatic heterocycles. The van der Waals surface area contributed by atoms with Crippen molar-refractivity contribution in [3.63, 3.8) is 0 Å². The first-order chi connectivity index (χ1) is 7.16. The van der Waals surface area contributed by atoms with E-state index in [9.17, 15) is 5.11 Å². The molecule has 0 amide bonds. The van der Waals surface area contributed by atoms with Crippen LogP contribution in [0.15, 0.2) is 42.5 Å². The van der Waals surface area contributed by atoms with Crippen LogP contribution in [-0.4, -0.2) is 15.3 Å². The van der Waals surface area contributed by atoms with E-state index >= 15 is 0 Å². The van der Waals surface area contributed by atoms with Gasteiger partial charge in [-0.3, -0.25) is 0 Å². The van der Waals surface area contributed by atoms with Crippen LogP contribution in [0.25, 0.3) is 11.1 Å². The molecule has 15 heavy (non-hydrogen) atoms. The lowest BCUT2D eigenvalue weighted by atomic mass is 10.1. The number of aromatic hydroxyl groups is 3. The number of benzene rings is 2. The molecule has 0 aromatic heterocycles. The molecule has 2 aromatic carbocycles. The molecule has 3 N–H and O–H groups in total. The highest BCUT2D eigenvalue weighted by molar-refractivity contribution is 5.67. The number of phenols is 3. The minimum Gasteiger partial charge on any atom is -0.508 e. The number of hydrogen-bond acceptors (Lipinski definition) is 3. The normalized spacial score (nSPS) is 10.1. The van der Waals surface area contributed by atoms with Crippen LogP contribution in [0.2, 0.25) is 0 Å². The SMILES string of the molecule is Oc1ccc(-c2ccc(O)c(O)c2)cc1. The molecule has 76 valence electrons. The second-order valence-electron chi connectivity index (χ2n) is 3.25. The quantitative estimate of drug-likeness (QED) is 0.622. The fourth-order valence-corrected chi connectivity index (χ4v) is 1.36. The van der Waals surface area contributed by atoms with E-state index in [1.807, 2.05) is 0 Å². The van der Waals surface area contributed by atoms with Gasteiger partial charge in [-0.05, 0) is 35.4 Å². The van der Waals surface area contributed by atoms with Crippen molar-refractivity contribution >= 4 is 0 Å². The standard InChI is InChI=1S/C12H10O3/c13-10-4-1-8(2-5-10)9-3-6-11(14)12(15)7-9/h1-7,13-15H. The molecule has 0 aliphatic carbocycles. The average molecular weight is 202 g/mol. The van der Waals surface area contributed by atoms with E-state index in [1.165, 1.54) is 12.1 Å². The zero-order valence-electron chi connectivity index (χ0n) is 7.88. The lowest BCUT2D eigenvalue weighted by Crippen LogP contribution is -1.77. The molecule has 0 unspecified atom stereocenters. The Bertz CT molecular complexity index is 475. The Morgan fingerprint density at radius 3 is 1.80 bits per heavy atom. The maximum atomic E-state index is 9.32. The van der Waals surface area contributed by atoms with E-state index in [0.717, 1.165) is 11.1 Å². The van der Waals surface area contributed by atoms with Crippen molar-refractivity contribution in [2.75, 3.05) is 0 Å². The predicted molar refractivity (Wildman–Crippen MR) is 56.9 cm³/mol. The molecule has 0 saturated carbocycles. The molecule has 0 spiro atoms. The minimum atomic E-state index is -0.152. The van der Waals surface area contributed by atoms with E-state index < -0.39 is 0 Å². The molecule has 3 nitrogen and oxygen atoms in total. The minimum absolute atomic E-state index is 0.141. The van der Waals surface area contributed by atoms with Gasteiger partial charge in [0, 0.05) is 0 Å². The van der Waals surface area contributed by atoms with Crippen molar-refractivity contribution in [1.29, 1.82) is 0 Å². The Morgan fingerprint density at radius 2 is 1.20 bits per heavy atom. The lowest BCUT2D eigenvalue weighted by molar-refractivity contribution is 0.404. The molecule has 0 fully saturated rings. The van der Waals surface area contributed by atoms with Crippen LogP contribution in [0.4, 0.5) is 0 Å². The van der Waals surface area contributed by atoms with Gasteiger partial charge in [0.05, 0.1) is 0 Å². The van der Waals surface area contributed by atoms with Gasteiger partial charge < -0.3 is 15.3 Å². The highest BCUT2D eigenvalue weighted by Gasteiger charge is 2.02. The van der Waals surface area contributed by atoms with Gasteiger partial charge in [0.2, 0.25) is 0 Å². The smallest absolute Gasteiger partial charge is 0.158 e. The monoisotopic (exact) mass is 202 g/mol. The molecule has 0 aliphatic rings. The molecule has 0 atom stereocenters. The predicted octanol–water partition coefficient (Wildman–Crippen LogP) is 2.47. The Morgan fingerprint density at radius 1 is 0.600 bits per heavy atom. The van der Waals surface area contributed by atoms with E-state index in [4.69, 9.17) is 10.2 Å². The first-order valence-electron chi connectivity index (χ1n) is 4.48. The summed E-state index contributed by atoms with van der Waals surface area (Å²) in [6.07, 6.45) is 0. The van der Waals surface area contributed by atoms with Crippen molar-refractivity contribution in [2.24, 2.45) is 0 Å². The topological polar surface area (TPSA) is 60.7 Å². The zero-order valence-corrected chi connectivity index (χ0v) is 7.88. The molecule has 2 rings (SSSR count). The van der Waals surface area contributed by atoms with Gasteiger partial charge in [0.1, 0.15) is 5.75 Å². The second-order valence-corrected chi connectivity index (χ2v) is 3.25. The van der Waals surface area contributed by atoms with Crippen molar-refractivity contribution in [2.45, 2.75) is 0 Å². The maximum Gasteiger partial charge on any atom is 0.158 e. The van der Waals surface area contributed by atoms with Gasteiger partial charge in [-0.15, -0.1) is 0 Å². The van der Waals surface area contributed by atoms with Crippen molar-refractivity contribution < 1.29 is 15.3 Å². The van der Waals surface area contributed by atoms with E-state index in [-0.39, 0.29) is 17.2 Å². The highest BCUT2D eigenvalue weighted by atomic mass is 16.3. The summed E-state index contributed by atoms with van der Waals surface area (Å²) in [4.78, 5) is 0. The second kappa shape index (κ2) is 3.53. The molecule has 0 heterocycles. The summed E-state index contributed by atoms with van der Waals surface area (Å²) >= 11 is 0. The van der Waals surface area contributed by atoms with Crippen LogP contribution in [0, 0.1) is 0 Å². The zero-order chi connectivity index (χ0) is 10.8. The van der Waals surface area contributed by atoms with Gasteiger partial charge in [-0.2, -0.15) is 0 Å². The summed E-state index contributed by atoms with van der Waals surface area (Å²) in [5.41, 5.74) is 1.65. The number of phenolic OH excluding ortho intramolecular Hbond substituents is 3. The van der Waals surface area contributed by atoms with Crippen LogP contribution in [0.1, 0.15) is 0 Å². The Kier molecular flexibility index (Phi) is 2.21. The average Bonchev–Trinajstić information content (AvgIpc) is 2.23. The van der Waals surface area contributed by atoms with Crippen LogP contribution >= 0.6 is 0 Å². The Balaban J connectivity index is 2.45. The van der Waals surface area contributed by atoms with Crippen LogP contribution in [-0.2, 0) is 0 Å². The van der Waals surface area contributed by atoms with Gasteiger partial charge in [0.15, 0.2) is 11.5 Å². The first-order valence-corrected chi connectivity index (χ1v) is 4.48. The van der Waals surface area contributed by atoms with Crippen LogP contribution < -0.4 is 0 Å². The Labute approximate surface area is 86.9 Å². The molecular formula is C12H10O3. The third kappa shape index (κ3) is 1.86. The third-order valence-electron chi connectivity index (χ3n) is 2.18. The van der Waals surface area contributed by atoms with Crippen molar-refractivity contribution in [3.8, 4) is 28.4 Å². The fourth-order valence-electron chi connectivity index (χ4n) is 1.36. The summed E-state index contributed by atoms with van der Waals surface area (Å²) in [6, 6.07) is 11.2. The molecule has 0 radical (unpaired) electrons. The van der Waals surface area contributed by atoms with Crippen LogP contribution in [0.3, 0.4) is 0 Å². The summed E-state index contributed by atoms with van der Waals surface area (Å²) in [5.74, 6) is -0.0974. The third-order valence-corrected chi connectivity index (χ3v) is 2.18. The van der Waals surface area contributed by atoms with Gasteiger partial charge in [-0.25, -0.2) is 0 Å². The first kappa shape index (κ1) is 9.40. The van der Waals surface area contributed by atoms with E-state index in [1.54, 1.807) is 30.3 Å². The lowest BCUT2D eigenvalue weighted by Gasteiger charge is -2.03. The molecular weight excluding hydrogens is 192 g/mol. The van der Waals surface area contributed by atoms with Crippen LogP contribution in [0.5, 0.6) is 17.2 Å².